The van der Waals surface area contributed by atoms with E-state index in [-0.39, 0.29) is 24.7 Å². The van der Waals surface area contributed by atoms with Crippen molar-refractivity contribution in [2.75, 3.05) is 6.61 Å². The molecular formula is C25H33FN2O8. The molecule has 1 aromatic carbocycles. The van der Waals surface area contributed by atoms with Gasteiger partial charge >= 0.3 is 5.97 Å². The average Bonchev–Trinajstić information content (AvgIpc) is 3.62. The number of aliphatic hydroxyl groups is 4. The molecule has 0 radical (unpaired) electrons. The highest BCUT2D eigenvalue weighted by Crippen LogP contribution is 2.34. The number of carbonyl (C=O) groups excluding carboxylic acids is 1. The first kappa shape index (κ1) is 26.5. The molecule has 1 aromatic heterocycles. The zero-order valence-electron chi connectivity index (χ0n) is 20.5. The fourth-order valence-electron chi connectivity index (χ4n) is 4.23. The van der Waals surface area contributed by atoms with E-state index >= 15 is 0 Å². The monoisotopic (exact) mass is 508 g/mol. The van der Waals surface area contributed by atoms with Crippen LogP contribution in [0.1, 0.15) is 42.1 Å². The lowest BCUT2D eigenvalue weighted by molar-refractivity contribution is -0.288. The van der Waals surface area contributed by atoms with E-state index in [0.717, 1.165) is 18.5 Å². The van der Waals surface area contributed by atoms with E-state index in [0.29, 0.717) is 29.2 Å². The summed E-state index contributed by atoms with van der Waals surface area (Å²) in [7, 11) is 0. The van der Waals surface area contributed by atoms with Crippen molar-refractivity contribution in [3.63, 3.8) is 0 Å². The number of esters is 1. The Morgan fingerprint density at radius 3 is 2.58 bits per heavy atom. The van der Waals surface area contributed by atoms with E-state index in [1.54, 1.807) is 30.7 Å². The molecule has 2 fully saturated rings. The van der Waals surface area contributed by atoms with Gasteiger partial charge in [0, 0.05) is 24.2 Å². The molecule has 1 saturated carbocycles. The number of hydrogen-bond donors (Lipinski definition) is 4. The first-order valence-electron chi connectivity index (χ1n) is 12.1. The van der Waals surface area contributed by atoms with Crippen LogP contribution in [0.25, 0.3) is 0 Å². The summed E-state index contributed by atoms with van der Waals surface area (Å²) in [6, 6.07) is 4.93. The Bertz CT molecular complexity index is 1090. The Kier molecular flexibility index (Phi) is 7.96. The Labute approximate surface area is 208 Å². The molecule has 1 saturated heterocycles. The lowest BCUT2D eigenvalue weighted by atomic mass is 9.95. The SMILES string of the molecule is CCOC(=O)C(O)[C@H]1O[C@@H](Oc2nn(CC3CC3)c(C)c2Cc2ccc(C)c(F)c2)[C@H](O)[C@@H](O)[C@@H]1O. The molecule has 0 bridgehead atoms. The molecule has 1 aliphatic carbocycles. The Hall–Kier alpha value is -2.57. The largest absolute Gasteiger partial charge is 0.464 e. The highest BCUT2D eigenvalue weighted by Gasteiger charge is 2.50. The second-order valence-corrected chi connectivity index (χ2v) is 9.51. The van der Waals surface area contributed by atoms with Gasteiger partial charge in [0.1, 0.15) is 30.2 Å². The molecule has 6 atom stereocenters. The summed E-state index contributed by atoms with van der Waals surface area (Å²) in [6.45, 7) is 5.75. The van der Waals surface area contributed by atoms with Gasteiger partial charge in [0.2, 0.25) is 12.2 Å². The normalized spacial score (nSPS) is 27.1. The maximum atomic E-state index is 14.2. The lowest BCUT2D eigenvalue weighted by Gasteiger charge is -2.41. The summed E-state index contributed by atoms with van der Waals surface area (Å²) in [5.41, 5.74) is 2.65. The van der Waals surface area contributed by atoms with Gasteiger partial charge in [0.25, 0.3) is 0 Å². The van der Waals surface area contributed by atoms with E-state index in [1.807, 2.05) is 6.92 Å². The van der Waals surface area contributed by atoms with E-state index in [4.69, 9.17) is 14.2 Å². The third-order valence-corrected chi connectivity index (χ3v) is 6.71. The van der Waals surface area contributed by atoms with Gasteiger partial charge in [-0.25, -0.2) is 9.18 Å². The number of aryl methyl sites for hydroxylation is 1. The summed E-state index contributed by atoms with van der Waals surface area (Å²) in [4.78, 5) is 12.0. The van der Waals surface area contributed by atoms with Crippen molar-refractivity contribution in [1.29, 1.82) is 0 Å². The van der Waals surface area contributed by atoms with Crippen molar-refractivity contribution in [3.05, 3.63) is 46.4 Å². The minimum Gasteiger partial charge on any atom is -0.464 e. The van der Waals surface area contributed by atoms with Gasteiger partial charge < -0.3 is 34.6 Å². The van der Waals surface area contributed by atoms with Gasteiger partial charge in [0.05, 0.1) is 6.61 Å². The Balaban J connectivity index is 1.61. The second-order valence-electron chi connectivity index (χ2n) is 9.51. The maximum absolute atomic E-state index is 14.2. The van der Waals surface area contributed by atoms with Gasteiger partial charge in [-0.15, -0.1) is 5.10 Å². The molecule has 10 nitrogen and oxygen atoms in total. The van der Waals surface area contributed by atoms with Crippen molar-refractivity contribution in [3.8, 4) is 5.88 Å². The third kappa shape index (κ3) is 5.55. The third-order valence-electron chi connectivity index (χ3n) is 6.71. The first-order chi connectivity index (χ1) is 17.1. The quantitative estimate of drug-likeness (QED) is 0.361. The van der Waals surface area contributed by atoms with E-state index in [1.165, 1.54) is 6.07 Å². The molecule has 0 spiro atoms. The van der Waals surface area contributed by atoms with Crippen LogP contribution in [0.5, 0.6) is 5.88 Å². The molecule has 2 aliphatic rings. The van der Waals surface area contributed by atoms with Crippen LogP contribution in [0.15, 0.2) is 18.2 Å². The van der Waals surface area contributed by atoms with Gasteiger partial charge in [0.15, 0.2) is 6.10 Å². The fraction of sp³-hybridized carbons (Fsp3) is 0.600. The summed E-state index contributed by atoms with van der Waals surface area (Å²) >= 11 is 0. The summed E-state index contributed by atoms with van der Waals surface area (Å²) in [5, 5.41) is 46.1. The van der Waals surface area contributed by atoms with Gasteiger partial charge in [-0.3, -0.25) is 4.68 Å². The van der Waals surface area contributed by atoms with Crippen molar-refractivity contribution in [2.24, 2.45) is 5.92 Å². The zero-order chi connectivity index (χ0) is 26.1. The van der Waals surface area contributed by atoms with Crippen LogP contribution in [0.2, 0.25) is 0 Å². The van der Waals surface area contributed by atoms with Gasteiger partial charge in [-0.1, -0.05) is 12.1 Å². The predicted octanol–water partition coefficient (Wildman–Crippen LogP) is 0.750. The van der Waals surface area contributed by atoms with Crippen molar-refractivity contribution >= 4 is 5.97 Å². The number of ether oxygens (including phenoxy) is 3. The minimum atomic E-state index is -1.92. The number of nitrogens with zero attached hydrogens (tertiary/aromatic N) is 2. The number of aromatic nitrogens is 2. The summed E-state index contributed by atoms with van der Waals surface area (Å²) in [5.74, 6) is -0.780. The van der Waals surface area contributed by atoms with Crippen molar-refractivity contribution < 1.29 is 43.8 Å². The number of benzene rings is 1. The molecule has 1 unspecified atom stereocenters. The highest BCUT2D eigenvalue weighted by atomic mass is 19.1. The number of halogens is 1. The number of rotatable bonds is 9. The molecule has 0 amide bonds. The molecule has 2 aromatic rings. The van der Waals surface area contributed by atoms with E-state index < -0.39 is 42.8 Å². The molecule has 11 heteroatoms. The van der Waals surface area contributed by atoms with Crippen molar-refractivity contribution in [1.82, 2.24) is 9.78 Å². The zero-order valence-corrected chi connectivity index (χ0v) is 20.5. The van der Waals surface area contributed by atoms with E-state index in [2.05, 4.69) is 5.10 Å². The molecule has 2 heterocycles. The Morgan fingerprint density at radius 1 is 1.22 bits per heavy atom. The van der Waals surface area contributed by atoms with Crippen molar-refractivity contribution in [2.45, 2.75) is 83.4 Å². The van der Waals surface area contributed by atoms with Crippen LogP contribution in [0.4, 0.5) is 4.39 Å². The van der Waals surface area contributed by atoms with Gasteiger partial charge in [-0.05, 0) is 56.7 Å². The van der Waals surface area contributed by atoms with Gasteiger partial charge in [-0.2, -0.15) is 0 Å². The standard InChI is InChI=1S/C25H33FN2O8/c1-4-34-24(33)21(32)22-19(30)18(29)20(31)25(35-22)36-23-16(9-15-6-5-12(2)17(26)10-15)13(3)28(27-23)11-14-7-8-14/h5-6,10,14,18-22,25,29-32H,4,7-9,11H2,1-3H3/t18-,19-,20+,21?,22-,25-/m0/s1. The summed E-state index contributed by atoms with van der Waals surface area (Å²) < 4.78 is 32.2. The molecular weight excluding hydrogens is 475 g/mol. The fourth-order valence-corrected chi connectivity index (χ4v) is 4.23. The first-order valence-corrected chi connectivity index (χ1v) is 12.1. The topological polar surface area (TPSA) is 144 Å². The average molecular weight is 509 g/mol. The number of carbonyl (C=O) groups is 1. The molecule has 198 valence electrons. The van der Waals surface area contributed by atoms with Crippen LogP contribution in [0.3, 0.4) is 0 Å². The molecule has 4 N–H and O–H groups in total. The maximum Gasteiger partial charge on any atom is 0.337 e. The highest BCUT2D eigenvalue weighted by molar-refractivity contribution is 5.75. The Morgan fingerprint density at radius 2 is 1.94 bits per heavy atom. The number of hydrogen-bond acceptors (Lipinski definition) is 9. The van der Waals surface area contributed by atoms with Crippen LogP contribution >= 0.6 is 0 Å². The van der Waals surface area contributed by atoms with Crippen LogP contribution in [-0.2, 0) is 27.2 Å². The molecule has 1 aliphatic heterocycles. The van der Waals surface area contributed by atoms with Crippen LogP contribution in [-0.4, -0.2) is 79.6 Å². The molecule has 4 rings (SSSR count). The van der Waals surface area contributed by atoms with E-state index in [9.17, 15) is 29.6 Å². The summed E-state index contributed by atoms with van der Waals surface area (Å²) in [6.07, 6.45) is -7.88. The smallest absolute Gasteiger partial charge is 0.337 e. The predicted molar refractivity (Wildman–Crippen MR) is 124 cm³/mol. The van der Waals surface area contributed by atoms with Crippen LogP contribution < -0.4 is 4.74 Å². The molecule has 36 heavy (non-hydrogen) atoms. The number of aliphatic hydroxyl groups excluding tert-OH is 4. The minimum absolute atomic E-state index is 0.00944. The second kappa shape index (κ2) is 10.8. The lowest BCUT2D eigenvalue weighted by Crippen LogP contribution is -2.63. The van der Waals surface area contributed by atoms with Crippen LogP contribution in [0, 0.1) is 25.6 Å².